The fourth-order valence-electron chi connectivity index (χ4n) is 3.81. The molecule has 2 aromatic rings. The fourth-order valence-corrected chi connectivity index (χ4v) is 3.81. The molecule has 0 saturated carbocycles. The SMILES string of the molecule is Cc1ccc(N2CC[C@@H](C(=O)N[C@@H]3CCCc4occc43)C2=O)cc1. The van der Waals surface area contributed by atoms with Gasteiger partial charge in [0.15, 0.2) is 0 Å². The second-order valence-corrected chi connectivity index (χ2v) is 6.92. The normalized spacial score (nSPS) is 22.8. The first-order valence-electron chi connectivity index (χ1n) is 8.88. The number of carbonyl (C=O) groups excluding carboxylic acids is 2. The van der Waals surface area contributed by atoms with Gasteiger partial charge in [0.2, 0.25) is 11.8 Å². The third-order valence-electron chi connectivity index (χ3n) is 5.24. The summed E-state index contributed by atoms with van der Waals surface area (Å²) in [5.41, 5.74) is 3.07. The number of aryl methyl sites for hydroxylation is 2. The minimum absolute atomic E-state index is 0.0452. The van der Waals surface area contributed by atoms with Crippen LogP contribution in [-0.4, -0.2) is 18.4 Å². The van der Waals surface area contributed by atoms with Gasteiger partial charge < -0.3 is 14.6 Å². The van der Waals surface area contributed by atoms with Gasteiger partial charge in [-0.1, -0.05) is 17.7 Å². The summed E-state index contributed by atoms with van der Waals surface area (Å²) in [4.78, 5) is 27.1. The molecule has 1 aromatic carbocycles. The van der Waals surface area contributed by atoms with Crippen molar-refractivity contribution in [1.29, 1.82) is 0 Å². The van der Waals surface area contributed by atoms with Gasteiger partial charge in [-0.15, -0.1) is 0 Å². The van der Waals surface area contributed by atoms with E-state index >= 15 is 0 Å². The van der Waals surface area contributed by atoms with E-state index in [2.05, 4.69) is 5.32 Å². The number of benzene rings is 1. The van der Waals surface area contributed by atoms with Crippen molar-refractivity contribution in [2.45, 2.75) is 38.6 Å². The van der Waals surface area contributed by atoms with Gasteiger partial charge in [-0.05, 0) is 44.4 Å². The number of furan rings is 1. The number of anilines is 1. The molecule has 2 amide bonds. The second kappa shape index (κ2) is 6.39. The molecule has 1 saturated heterocycles. The molecular weight excluding hydrogens is 316 g/mol. The number of hydrogen-bond acceptors (Lipinski definition) is 3. The largest absolute Gasteiger partial charge is 0.469 e. The number of carbonyl (C=O) groups is 2. The monoisotopic (exact) mass is 338 g/mol. The van der Waals surface area contributed by atoms with Crippen molar-refractivity contribution in [3.63, 3.8) is 0 Å². The van der Waals surface area contributed by atoms with E-state index in [1.165, 1.54) is 0 Å². The first kappa shape index (κ1) is 15.9. The molecule has 0 unspecified atom stereocenters. The Kier molecular flexibility index (Phi) is 4.07. The highest BCUT2D eigenvalue weighted by Gasteiger charge is 2.38. The van der Waals surface area contributed by atoms with E-state index in [0.717, 1.165) is 41.8 Å². The lowest BCUT2D eigenvalue weighted by Crippen LogP contribution is -2.39. The number of amides is 2. The lowest BCUT2D eigenvalue weighted by Gasteiger charge is -2.24. The van der Waals surface area contributed by atoms with Crippen molar-refractivity contribution in [2.75, 3.05) is 11.4 Å². The molecule has 130 valence electrons. The highest BCUT2D eigenvalue weighted by molar-refractivity contribution is 6.09. The summed E-state index contributed by atoms with van der Waals surface area (Å²) in [6.45, 7) is 2.60. The molecule has 5 nitrogen and oxygen atoms in total. The summed E-state index contributed by atoms with van der Waals surface area (Å²) in [6, 6.07) is 9.72. The fraction of sp³-hybridized carbons (Fsp3) is 0.400. The van der Waals surface area contributed by atoms with Crippen LogP contribution in [0.1, 0.15) is 42.2 Å². The molecule has 1 aliphatic carbocycles. The van der Waals surface area contributed by atoms with Crippen LogP contribution in [-0.2, 0) is 16.0 Å². The zero-order chi connectivity index (χ0) is 17.4. The molecule has 1 N–H and O–H groups in total. The van der Waals surface area contributed by atoms with Gasteiger partial charge >= 0.3 is 0 Å². The maximum absolute atomic E-state index is 12.7. The first-order chi connectivity index (χ1) is 12.1. The second-order valence-electron chi connectivity index (χ2n) is 6.92. The minimum atomic E-state index is -0.599. The number of fused-ring (bicyclic) bond motifs is 1. The van der Waals surface area contributed by atoms with Crippen LogP contribution < -0.4 is 10.2 Å². The average Bonchev–Trinajstić information content (AvgIpc) is 3.23. The lowest BCUT2D eigenvalue weighted by molar-refractivity contribution is -0.132. The van der Waals surface area contributed by atoms with Gasteiger partial charge in [0.05, 0.1) is 12.3 Å². The van der Waals surface area contributed by atoms with Crippen LogP contribution in [0.5, 0.6) is 0 Å². The zero-order valence-electron chi connectivity index (χ0n) is 14.3. The van der Waals surface area contributed by atoms with Crippen LogP contribution in [0.3, 0.4) is 0 Å². The molecule has 4 rings (SSSR count). The lowest BCUT2D eigenvalue weighted by atomic mass is 9.93. The van der Waals surface area contributed by atoms with E-state index < -0.39 is 5.92 Å². The Balaban J connectivity index is 1.45. The standard InChI is InChI=1S/C20H22N2O3/c1-13-5-7-14(8-6-13)22-11-9-16(20(22)24)19(23)21-17-3-2-4-18-15(17)10-12-25-18/h5-8,10,12,16-17H,2-4,9,11H2,1H3,(H,21,23)/t16-,17+/m0/s1. The van der Waals surface area contributed by atoms with E-state index in [-0.39, 0.29) is 17.9 Å². The van der Waals surface area contributed by atoms with Crippen molar-refractivity contribution in [2.24, 2.45) is 5.92 Å². The summed E-state index contributed by atoms with van der Waals surface area (Å²) in [6.07, 6.45) is 5.02. The van der Waals surface area contributed by atoms with Crippen molar-refractivity contribution in [3.8, 4) is 0 Å². The Bertz CT molecular complexity index is 794. The summed E-state index contributed by atoms with van der Waals surface area (Å²) < 4.78 is 5.47. The molecule has 1 aromatic heterocycles. The van der Waals surface area contributed by atoms with E-state index in [4.69, 9.17) is 4.42 Å². The Hall–Kier alpha value is -2.56. The molecule has 1 aliphatic heterocycles. The number of nitrogens with zero attached hydrogens (tertiary/aromatic N) is 1. The van der Waals surface area contributed by atoms with Gasteiger partial charge in [0, 0.05) is 24.2 Å². The van der Waals surface area contributed by atoms with E-state index in [1.807, 2.05) is 37.3 Å². The predicted octanol–water partition coefficient (Wildman–Crippen LogP) is 3.13. The highest BCUT2D eigenvalue weighted by atomic mass is 16.3. The maximum Gasteiger partial charge on any atom is 0.239 e. The van der Waals surface area contributed by atoms with Crippen LogP contribution in [0, 0.1) is 12.8 Å². The van der Waals surface area contributed by atoms with Gasteiger partial charge in [-0.2, -0.15) is 0 Å². The summed E-state index contributed by atoms with van der Waals surface area (Å²) in [5, 5.41) is 3.07. The quantitative estimate of drug-likeness (QED) is 0.875. The smallest absolute Gasteiger partial charge is 0.239 e. The highest BCUT2D eigenvalue weighted by Crippen LogP contribution is 2.32. The summed E-state index contributed by atoms with van der Waals surface area (Å²) in [5.74, 6) is 0.0809. The molecule has 2 aliphatic rings. The van der Waals surface area contributed by atoms with Gasteiger partial charge in [-0.3, -0.25) is 9.59 Å². The third kappa shape index (κ3) is 2.95. The Labute approximate surface area is 147 Å². The molecule has 0 spiro atoms. The zero-order valence-corrected chi connectivity index (χ0v) is 14.3. The average molecular weight is 338 g/mol. The molecule has 1 fully saturated rings. The van der Waals surface area contributed by atoms with E-state index in [9.17, 15) is 9.59 Å². The Morgan fingerprint density at radius 3 is 2.80 bits per heavy atom. The van der Waals surface area contributed by atoms with Crippen LogP contribution in [0.2, 0.25) is 0 Å². The van der Waals surface area contributed by atoms with Crippen molar-refractivity contribution < 1.29 is 14.0 Å². The predicted molar refractivity (Wildman–Crippen MR) is 94.2 cm³/mol. The van der Waals surface area contributed by atoms with Crippen LogP contribution in [0.4, 0.5) is 5.69 Å². The van der Waals surface area contributed by atoms with Crippen LogP contribution >= 0.6 is 0 Å². The van der Waals surface area contributed by atoms with Gasteiger partial charge in [0.25, 0.3) is 0 Å². The van der Waals surface area contributed by atoms with Gasteiger partial charge in [-0.25, -0.2) is 0 Å². The number of hydrogen-bond donors (Lipinski definition) is 1. The van der Waals surface area contributed by atoms with Gasteiger partial charge in [0.1, 0.15) is 11.7 Å². The summed E-state index contributed by atoms with van der Waals surface area (Å²) in [7, 11) is 0. The number of rotatable bonds is 3. The first-order valence-corrected chi connectivity index (χ1v) is 8.88. The minimum Gasteiger partial charge on any atom is -0.469 e. The molecule has 25 heavy (non-hydrogen) atoms. The molecule has 2 atom stereocenters. The Morgan fingerprint density at radius 2 is 2.00 bits per heavy atom. The molecule has 0 radical (unpaired) electrons. The molecular formula is C20H22N2O3. The molecule has 5 heteroatoms. The van der Waals surface area contributed by atoms with Crippen molar-refractivity contribution >= 4 is 17.5 Å². The van der Waals surface area contributed by atoms with Crippen molar-refractivity contribution in [3.05, 3.63) is 53.5 Å². The van der Waals surface area contributed by atoms with E-state index in [1.54, 1.807) is 11.2 Å². The Morgan fingerprint density at radius 1 is 1.20 bits per heavy atom. The topological polar surface area (TPSA) is 62.6 Å². The molecule has 0 bridgehead atoms. The summed E-state index contributed by atoms with van der Waals surface area (Å²) >= 11 is 0. The van der Waals surface area contributed by atoms with E-state index in [0.29, 0.717) is 13.0 Å². The van der Waals surface area contributed by atoms with Crippen LogP contribution in [0.15, 0.2) is 41.0 Å². The van der Waals surface area contributed by atoms with Crippen LogP contribution in [0.25, 0.3) is 0 Å². The molecule has 2 heterocycles. The third-order valence-corrected chi connectivity index (χ3v) is 5.24. The maximum atomic E-state index is 12.7. The number of nitrogens with one attached hydrogen (secondary N) is 1. The van der Waals surface area contributed by atoms with Crippen molar-refractivity contribution in [1.82, 2.24) is 5.32 Å².